The maximum Gasteiger partial charge on any atom is 0.256 e. The van der Waals surface area contributed by atoms with Crippen LogP contribution < -0.4 is 10.5 Å². The first-order chi connectivity index (χ1) is 14.4. The van der Waals surface area contributed by atoms with Crippen molar-refractivity contribution in [1.29, 1.82) is 0 Å². The van der Waals surface area contributed by atoms with Crippen molar-refractivity contribution in [2.24, 2.45) is 0 Å². The fourth-order valence-corrected chi connectivity index (χ4v) is 4.22. The van der Waals surface area contributed by atoms with Crippen molar-refractivity contribution in [3.8, 4) is 0 Å². The number of halogens is 1. The largest absolute Gasteiger partial charge is 0.289 e. The molecule has 0 atom stereocenters. The van der Waals surface area contributed by atoms with Gasteiger partial charge in [-0.15, -0.1) is 0 Å². The van der Waals surface area contributed by atoms with Gasteiger partial charge in [-0.2, -0.15) is 0 Å². The molecule has 152 valence electrons. The van der Waals surface area contributed by atoms with Gasteiger partial charge in [0, 0.05) is 28.7 Å². The summed E-state index contributed by atoms with van der Waals surface area (Å²) in [6.07, 6.45) is 4.78. The lowest BCUT2D eigenvalue weighted by atomic mass is 10.2. The van der Waals surface area contributed by atoms with Crippen LogP contribution in [0.15, 0.2) is 53.8 Å². The van der Waals surface area contributed by atoms with Crippen molar-refractivity contribution in [1.82, 2.24) is 19.5 Å². The first-order valence-corrected chi connectivity index (χ1v) is 10.4. The number of rotatable bonds is 5. The average molecular weight is 440 g/mol. The lowest BCUT2D eigenvalue weighted by molar-refractivity contribution is -0.119. The van der Waals surface area contributed by atoms with E-state index in [2.05, 4.69) is 15.0 Å². The quantitative estimate of drug-likeness (QED) is 0.473. The van der Waals surface area contributed by atoms with Crippen molar-refractivity contribution >= 4 is 44.2 Å². The van der Waals surface area contributed by atoms with Crippen LogP contribution in [0.25, 0.3) is 10.2 Å². The molecule has 0 spiro atoms. The van der Waals surface area contributed by atoms with Gasteiger partial charge in [-0.1, -0.05) is 29.0 Å². The number of hydrogen-bond donors (Lipinski definition) is 0. The van der Waals surface area contributed by atoms with E-state index >= 15 is 0 Å². The highest BCUT2D eigenvalue weighted by Crippen LogP contribution is 2.31. The van der Waals surface area contributed by atoms with Crippen LogP contribution in [-0.4, -0.2) is 25.4 Å². The minimum absolute atomic E-state index is 0.135. The van der Waals surface area contributed by atoms with Crippen molar-refractivity contribution in [3.05, 3.63) is 81.3 Å². The molecule has 30 heavy (non-hydrogen) atoms. The van der Waals surface area contributed by atoms with Crippen LogP contribution in [-0.2, 0) is 17.9 Å². The Hall–Kier alpha value is -3.10. The summed E-state index contributed by atoms with van der Waals surface area (Å²) in [5.74, 6) is -0.267. The number of benzene rings is 1. The third kappa shape index (κ3) is 4.10. The zero-order valence-corrected chi connectivity index (χ0v) is 17.9. The number of carbonyl (C=O) groups is 1. The van der Waals surface area contributed by atoms with Crippen LogP contribution >= 0.6 is 22.9 Å². The summed E-state index contributed by atoms with van der Waals surface area (Å²) < 4.78 is 2.21. The first-order valence-electron chi connectivity index (χ1n) is 9.20. The standard InChI is InChI=1S/C21H18ClN5O2S/c1-13-14(2)24-12-26(20(13)29)11-19(28)27(10-15-4-3-7-23-9-15)21-25-17-6-5-16(22)8-18(17)30-21/h3-9,12H,10-11H2,1-2H3. The molecule has 0 bridgehead atoms. The molecule has 3 heterocycles. The van der Waals surface area contributed by atoms with Gasteiger partial charge in [-0.3, -0.25) is 24.0 Å². The van der Waals surface area contributed by atoms with Crippen molar-refractivity contribution in [3.63, 3.8) is 0 Å². The van der Waals surface area contributed by atoms with Gasteiger partial charge >= 0.3 is 0 Å². The Kier molecular flexibility index (Phi) is 5.61. The number of amides is 1. The minimum Gasteiger partial charge on any atom is -0.289 e. The molecule has 0 saturated carbocycles. The van der Waals surface area contributed by atoms with Gasteiger partial charge in [0.1, 0.15) is 6.54 Å². The Morgan fingerprint density at radius 2 is 2.10 bits per heavy atom. The Balaban J connectivity index is 1.71. The van der Waals surface area contributed by atoms with Crippen molar-refractivity contribution < 1.29 is 4.79 Å². The van der Waals surface area contributed by atoms with Crippen LogP contribution in [0, 0.1) is 13.8 Å². The summed E-state index contributed by atoms with van der Waals surface area (Å²) in [5.41, 5.74) is 2.56. The molecular weight excluding hydrogens is 422 g/mol. The number of anilines is 1. The zero-order valence-electron chi connectivity index (χ0n) is 16.4. The molecule has 0 N–H and O–H groups in total. The van der Waals surface area contributed by atoms with E-state index in [4.69, 9.17) is 11.6 Å². The highest BCUT2D eigenvalue weighted by atomic mass is 35.5. The summed E-state index contributed by atoms with van der Waals surface area (Å²) in [6.45, 7) is 3.62. The van der Waals surface area contributed by atoms with Crippen LogP contribution in [0.4, 0.5) is 5.13 Å². The highest BCUT2D eigenvalue weighted by Gasteiger charge is 2.22. The van der Waals surface area contributed by atoms with E-state index in [1.54, 1.807) is 37.2 Å². The Morgan fingerprint density at radius 3 is 2.87 bits per heavy atom. The van der Waals surface area contributed by atoms with E-state index < -0.39 is 0 Å². The second-order valence-corrected chi connectivity index (χ2v) is 8.28. The van der Waals surface area contributed by atoms with E-state index in [9.17, 15) is 9.59 Å². The van der Waals surface area contributed by atoms with Crippen LogP contribution in [0.2, 0.25) is 5.02 Å². The number of aryl methyl sites for hydroxylation is 1. The second-order valence-electron chi connectivity index (χ2n) is 6.84. The van der Waals surface area contributed by atoms with Gasteiger partial charge in [0.25, 0.3) is 5.56 Å². The number of thiazole rings is 1. The number of pyridine rings is 1. The molecule has 0 aliphatic heterocycles. The fraction of sp³-hybridized carbons (Fsp3) is 0.190. The molecular formula is C21H18ClN5O2S. The lowest BCUT2D eigenvalue weighted by Gasteiger charge is -2.20. The van der Waals surface area contributed by atoms with Crippen LogP contribution in [0.3, 0.4) is 0 Å². The number of fused-ring (bicyclic) bond motifs is 1. The molecule has 7 nitrogen and oxygen atoms in total. The van der Waals surface area contributed by atoms with Gasteiger partial charge in [0.05, 0.1) is 23.1 Å². The van der Waals surface area contributed by atoms with E-state index in [0.29, 0.717) is 21.4 Å². The summed E-state index contributed by atoms with van der Waals surface area (Å²) in [7, 11) is 0. The summed E-state index contributed by atoms with van der Waals surface area (Å²) in [4.78, 5) is 40.3. The Bertz CT molecular complexity index is 1290. The molecule has 4 rings (SSSR count). The van der Waals surface area contributed by atoms with E-state index in [-0.39, 0.29) is 24.6 Å². The maximum atomic E-state index is 13.3. The Labute approximate surface area is 181 Å². The summed E-state index contributed by atoms with van der Waals surface area (Å²) >= 11 is 7.47. The molecule has 9 heteroatoms. The molecule has 1 amide bonds. The van der Waals surface area contributed by atoms with Gasteiger partial charge in [0.2, 0.25) is 5.91 Å². The van der Waals surface area contributed by atoms with E-state index in [0.717, 1.165) is 15.8 Å². The van der Waals surface area contributed by atoms with Gasteiger partial charge in [0.15, 0.2) is 5.13 Å². The molecule has 0 fully saturated rings. The summed E-state index contributed by atoms with van der Waals surface area (Å²) in [6, 6.07) is 9.11. The van der Waals surface area contributed by atoms with E-state index in [1.165, 1.54) is 22.2 Å². The minimum atomic E-state index is -0.267. The maximum absolute atomic E-state index is 13.3. The molecule has 1 aromatic carbocycles. The third-order valence-corrected chi connectivity index (χ3v) is 6.03. The third-order valence-electron chi connectivity index (χ3n) is 4.76. The lowest BCUT2D eigenvalue weighted by Crippen LogP contribution is -2.37. The molecule has 0 radical (unpaired) electrons. The fourth-order valence-electron chi connectivity index (χ4n) is 2.96. The van der Waals surface area contributed by atoms with Crippen molar-refractivity contribution in [2.75, 3.05) is 4.90 Å². The van der Waals surface area contributed by atoms with Gasteiger partial charge in [-0.25, -0.2) is 9.97 Å². The number of nitrogens with zero attached hydrogens (tertiary/aromatic N) is 5. The molecule has 3 aromatic heterocycles. The van der Waals surface area contributed by atoms with Crippen molar-refractivity contribution in [2.45, 2.75) is 26.9 Å². The average Bonchev–Trinajstić information content (AvgIpc) is 3.16. The monoisotopic (exact) mass is 439 g/mol. The normalized spacial score (nSPS) is 11.0. The number of aromatic nitrogens is 4. The molecule has 0 aliphatic rings. The van der Waals surface area contributed by atoms with Gasteiger partial charge in [-0.05, 0) is 43.7 Å². The van der Waals surface area contributed by atoms with Crippen LogP contribution in [0.1, 0.15) is 16.8 Å². The number of hydrogen-bond acceptors (Lipinski definition) is 6. The van der Waals surface area contributed by atoms with E-state index in [1.807, 2.05) is 24.3 Å². The SMILES string of the molecule is Cc1ncn(CC(=O)N(Cc2cccnc2)c2nc3ccc(Cl)cc3s2)c(=O)c1C. The predicted octanol–water partition coefficient (Wildman–Crippen LogP) is 3.75. The smallest absolute Gasteiger partial charge is 0.256 e. The van der Waals surface area contributed by atoms with Crippen LogP contribution in [0.5, 0.6) is 0 Å². The number of carbonyl (C=O) groups excluding carboxylic acids is 1. The van der Waals surface area contributed by atoms with Gasteiger partial charge < -0.3 is 0 Å². The topological polar surface area (TPSA) is 81.0 Å². The molecule has 0 unspecified atom stereocenters. The Morgan fingerprint density at radius 1 is 1.27 bits per heavy atom. The first kappa shape index (κ1) is 20.2. The zero-order chi connectivity index (χ0) is 21.3. The molecule has 0 saturated heterocycles. The molecule has 4 aromatic rings. The highest BCUT2D eigenvalue weighted by molar-refractivity contribution is 7.22. The molecule has 0 aliphatic carbocycles. The predicted molar refractivity (Wildman–Crippen MR) is 118 cm³/mol. The summed E-state index contributed by atoms with van der Waals surface area (Å²) in [5, 5.41) is 1.14. The second kappa shape index (κ2) is 8.33.